The zero-order valence-electron chi connectivity index (χ0n) is 8.89. The number of hydrogen-bond acceptors (Lipinski definition) is 3. The number of aliphatic hydroxyl groups excluding tert-OH is 1. The minimum Gasteiger partial charge on any atom is -0.494 e. The number of aliphatic hydroxyl groups is 1. The van der Waals surface area contributed by atoms with E-state index >= 15 is 0 Å². The normalized spacial score (nSPS) is 12.4. The van der Waals surface area contributed by atoms with E-state index in [0.29, 0.717) is 23.1 Å². The van der Waals surface area contributed by atoms with Crippen LogP contribution in [-0.2, 0) is 10.8 Å². The summed E-state index contributed by atoms with van der Waals surface area (Å²) in [6.07, 6.45) is 0.717. The third-order valence-electron chi connectivity index (χ3n) is 1.92. The van der Waals surface area contributed by atoms with Crippen molar-refractivity contribution < 1.29 is 14.1 Å². The van der Waals surface area contributed by atoms with Crippen molar-refractivity contribution in [1.29, 1.82) is 0 Å². The summed E-state index contributed by atoms with van der Waals surface area (Å²) < 4.78 is 16.6. The lowest BCUT2D eigenvalue weighted by Crippen LogP contribution is -2.09. The van der Waals surface area contributed by atoms with Gasteiger partial charge >= 0.3 is 0 Å². The molecule has 1 atom stereocenters. The van der Waals surface area contributed by atoms with Crippen molar-refractivity contribution in [2.24, 2.45) is 0 Å². The smallest absolute Gasteiger partial charge is 0.119 e. The summed E-state index contributed by atoms with van der Waals surface area (Å²) in [5.41, 5.74) is 0. The zero-order valence-corrected chi connectivity index (χ0v) is 10.5. The van der Waals surface area contributed by atoms with Gasteiger partial charge in [0.1, 0.15) is 5.75 Å². The molecule has 90 valence electrons. The predicted octanol–water partition coefficient (Wildman–Crippen LogP) is 1.85. The van der Waals surface area contributed by atoms with Gasteiger partial charge < -0.3 is 9.84 Å². The SMILES string of the molecule is O=S(CCO)CCCOc1ccc(Cl)cc1. The molecule has 1 N–H and O–H groups in total. The Hall–Kier alpha value is -0.580. The van der Waals surface area contributed by atoms with Gasteiger partial charge in [0.05, 0.1) is 13.2 Å². The molecule has 0 heterocycles. The molecule has 0 aliphatic heterocycles. The van der Waals surface area contributed by atoms with E-state index in [1.54, 1.807) is 24.3 Å². The molecule has 0 aliphatic rings. The largest absolute Gasteiger partial charge is 0.494 e. The van der Waals surface area contributed by atoms with E-state index in [9.17, 15) is 4.21 Å². The van der Waals surface area contributed by atoms with E-state index in [1.807, 2.05) is 0 Å². The summed E-state index contributed by atoms with van der Waals surface area (Å²) in [4.78, 5) is 0. The molecule has 0 saturated heterocycles. The van der Waals surface area contributed by atoms with Gasteiger partial charge in [0.2, 0.25) is 0 Å². The van der Waals surface area contributed by atoms with Gasteiger partial charge in [-0.05, 0) is 30.7 Å². The second kappa shape index (κ2) is 7.65. The third kappa shape index (κ3) is 5.49. The van der Waals surface area contributed by atoms with Crippen molar-refractivity contribution in [3.8, 4) is 5.75 Å². The topological polar surface area (TPSA) is 46.5 Å². The van der Waals surface area contributed by atoms with Crippen LogP contribution in [0.15, 0.2) is 24.3 Å². The van der Waals surface area contributed by atoms with Gasteiger partial charge in [0.25, 0.3) is 0 Å². The highest BCUT2D eigenvalue weighted by Gasteiger charge is 1.99. The first-order chi connectivity index (χ1) is 7.72. The molecule has 1 aromatic rings. The van der Waals surface area contributed by atoms with Gasteiger partial charge in [-0.3, -0.25) is 4.21 Å². The fourth-order valence-corrected chi connectivity index (χ4v) is 2.12. The van der Waals surface area contributed by atoms with E-state index in [-0.39, 0.29) is 6.61 Å². The molecule has 0 amide bonds. The molecule has 16 heavy (non-hydrogen) atoms. The van der Waals surface area contributed by atoms with Crippen LogP contribution in [0.25, 0.3) is 0 Å². The van der Waals surface area contributed by atoms with Crippen molar-refractivity contribution in [2.45, 2.75) is 6.42 Å². The summed E-state index contributed by atoms with van der Waals surface area (Å²) in [7, 11) is -0.933. The molecule has 0 radical (unpaired) electrons. The van der Waals surface area contributed by atoms with Crippen molar-refractivity contribution in [2.75, 3.05) is 24.7 Å². The molecule has 1 aromatic carbocycles. The van der Waals surface area contributed by atoms with Crippen LogP contribution in [0, 0.1) is 0 Å². The standard InChI is InChI=1S/C11H15ClO3S/c12-10-2-4-11(5-3-10)15-7-1-8-16(14)9-6-13/h2-5,13H,1,6-9H2. The van der Waals surface area contributed by atoms with Gasteiger partial charge in [-0.1, -0.05) is 11.6 Å². The highest BCUT2D eigenvalue weighted by atomic mass is 35.5. The van der Waals surface area contributed by atoms with Crippen LogP contribution in [0.5, 0.6) is 5.75 Å². The van der Waals surface area contributed by atoms with Crippen LogP contribution in [0.4, 0.5) is 0 Å². The van der Waals surface area contributed by atoms with Crippen LogP contribution >= 0.6 is 11.6 Å². The number of halogens is 1. The van der Waals surface area contributed by atoms with Crippen molar-refractivity contribution in [1.82, 2.24) is 0 Å². The van der Waals surface area contributed by atoms with Gasteiger partial charge in [-0.15, -0.1) is 0 Å². The Morgan fingerprint density at radius 3 is 2.56 bits per heavy atom. The Balaban J connectivity index is 2.16. The average molecular weight is 263 g/mol. The molecule has 1 unspecified atom stereocenters. The van der Waals surface area contributed by atoms with Crippen LogP contribution in [0.1, 0.15) is 6.42 Å². The quantitative estimate of drug-likeness (QED) is 0.763. The average Bonchev–Trinajstić information content (AvgIpc) is 2.27. The zero-order chi connectivity index (χ0) is 11.8. The predicted molar refractivity (Wildman–Crippen MR) is 66.5 cm³/mol. The molecule has 0 saturated carbocycles. The monoisotopic (exact) mass is 262 g/mol. The highest BCUT2D eigenvalue weighted by Crippen LogP contribution is 2.15. The van der Waals surface area contributed by atoms with E-state index < -0.39 is 10.8 Å². The van der Waals surface area contributed by atoms with Gasteiger partial charge in [0, 0.05) is 27.3 Å². The summed E-state index contributed by atoms with van der Waals surface area (Å²) >= 11 is 5.73. The summed E-state index contributed by atoms with van der Waals surface area (Å²) in [6, 6.07) is 7.13. The molecule has 0 aromatic heterocycles. The molecule has 1 rings (SSSR count). The van der Waals surface area contributed by atoms with E-state index in [0.717, 1.165) is 12.2 Å². The fraction of sp³-hybridized carbons (Fsp3) is 0.455. The van der Waals surface area contributed by atoms with Gasteiger partial charge in [0.15, 0.2) is 0 Å². The van der Waals surface area contributed by atoms with E-state index in [1.165, 1.54) is 0 Å². The molecular formula is C11H15ClO3S. The molecule has 3 nitrogen and oxygen atoms in total. The first-order valence-corrected chi connectivity index (χ1v) is 6.93. The number of benzene rings is 1. The van der Waals surface area contributed by atoms with Crippen molar-refractivity contribution >= 4 is 22.4 Å². The molecule has 0 aliphatic carbocycles. The first kappa shape index (κ1) is 13.5. The maximum Gasteiger partial charge on any atom is 0.119 e. The molecule has 5 heteroatoms. The number of hydrogen-bond donors (Lipinski definition) is 1. The number of rotatable bonds is 7. The maximum absolute atomic E-state index is 11.2. The Kier molecular flexibility index (Phi) is 6.45. The van der Waals surface area contributed by atoms with Gasteiger partial charge in [-0.25, -0.2) is 0 Å². The summed E-state index contributed by atoms with van der Waals surface area (Å²) in [6.45, 7) is 0.503. The van der Waals surface area contributed by atoms with Crippen LogP contribution < -0.4 is 4.74 Å². The highest BCUT2D eigenvalue weighted by molar-refractivity contribution is 7.84. The fourth-order valence-electron chi connectivity index (χ4n) is 1.14. The third-order valence-corrected chi connectivity index (χ3v) is 3.55. The maximum atomic E-state index is 11.2. The van der Waals surface area contributed by atoms with Crippen LogP contribution in [0.2, 0.25) is 5.02 Å². The van der Waals surface area contributed by atoms with Crippen molar-refractivity contribution in [3.63, 3.8) is 0 Å². The summed E-state index contributed by atoms with van der Waals surface area (Å²) in [5.74, 6) is 1.67. The Bertz CT molecular complexity index is 327. The number of ether oxygens (including phenoxy) is 1. The second-order valence-electron chi connectivity index (χ2n) is 3.23. The lowest BCUT2D eigenvalue weighted by molar-refractivity contribution is 0.316. The Morgan fingerprint density at radius 1 is 1.25 bits per heavy atom. The second-order valence-corrected chi connectivity index (χ2v) is 5.36. The van der Waals surface area contributed by atoms with Crippen LogP contribution in [-0.4, -0.2) is 34.0 Å². The minimum atomic E-state index is -0.933. The lowest BCUT2D eigenvalue weighted by Gasteiger charge is -2.05. The van der Waals surface area contributed by atoms with E-state index in [4.69, 9.17) is 21.4 Å². The Labute approximate surface area is 103 Å². The summed E-state index contributed by atoms with van der Waals surface area (Å²) in [5, 5.41) is 9.24. The Morgan fingerprint density at radius 2 is 1.94 bits per heavy atom. The van der Waals surface area contributed by atoms with Crippen LogP contribution in [0.3, 0.4) is 0 Å². The van der Waals surface area contributed by atoms with E-state index in [2.05, 4.69) is 0 Å². The lowest BCUT2D eigenvalue weighted by atomic mass is 10.3. The molecule has 0 fully saturated rings. The van der Waals surface area contributed by atoms with Gasteiger partial charge in [-0.2, -0.15) is 0 Å². The molecule has 0 spiro atoms. The molecular weight excluding hydrogens is 248 g/mol. The molecule has 0 bridgehead atoms. The minimum absolute atomic E-state index is 0.0232. The first-order valence-electron chi connectivity index (χ1n) is 5.06. The van der Waals surface area contributed by atoms with Crippen molar-refractivity contribution in [3.05, 3.63) is 29.3 Å².